The highest BCUT2D eigenvalue weighted by molar-refractivity contribution is 7.91. The fourth-order valence-electron chi connectivity index (χ4n) is 3.74. The zero-order chi connectivity index (χ0) is 14.5. The van der Waals surface area contributed by atoms with Crippen LogP contribution in [0.3, 0.4) is 0 Å². The van der Waals surface area contributed by atoms with Crippen molar-refractivity contribution in [3.05, 3.63) is 11.3 Å². The third-order valence-electron chi connectivity index (χ3n) is 5.03. The Kier molecular flexibility index (Phi) is 3.12. The van der Waals surface area contributed by atoms with Gasteiger partial charge >= 0.3 is 0 Å². The summed E-state index contributed by atoms with van der Waals surface area (Å²) in [6.45, 7) is 4.27. The topological polar surface area (TPSA) is 78.0 Å². The molecule has 3 rings (SSSR count). The molecule has 1 aromatic rings. The van der Waals surface area contributed by atoms with Crippen molar-refractivity contribution in [2.45, 2.75) is 57.4 Å². The van der Waals surface area contributed by atoms with Crippen molar-refractivity contribution in [1.29, 1.82) is 0 Å². The molecule has 0 spiro atoms. The standard InChI is InChI=1S/C14H23N3O2S/c1-10-12(14(2)6-3-4-7-14)16-17(13(10)15)11-5-8-20(18,19)9-11/h11H,3-9,15H2,1-2H3. The van der Waals surface area contributed by atoms with Gasteiger partial charge in [-0.2, -0.15) is 5.10 Å². The minimum atomic E-state index is -2.91. The normalized spacial score (nSPS) is 28.0. The molecule has 0 aromatic carbocycles. The molecule has 0 radical (unpaired) electrons. The minimum Gasteiger partial charge on any atom is -0.384 e. The average Bonchev–Trinajstić information content (AvgIpc) is 3.02. The van der Waals surface area contributed by atoms with E-state index >= 15 is 0 Å². The summed E-state index contributed by atoms with van der Waals surface area (Å²) in [6, 6.07) is -0.0857. The molecule has 0 bridgehead atoms. The van der Waals surface area contributed by atoms with E-state index in [4.69, 9.17) is 10.8 Å². The fraction of sp³-hybridized carbons (Fsp3) is 0.786. The maximum atomic E-state index is 11.7. The van der Waals surface area contributed by atoms with Gasteiger partial charge in [-0.1, -0.05) is 19.8 Å². The van der Waals surface area contributed by atoms with Gasteiger partial charge in [-0.15, -0.1) is 0 Å². The number of hydrogen-bond acceptors (Lipinski definition) is 4. The molecule has 1 saturated heterocycles. The largest absolute Gasteiger partial charge is 0.384 e. The molecule has 20 heavy (non-hydrogen) atoms. The summed E-state index contributed by atoms with van der Waals surface area (Å²) in [5, 5.41) is 4.74. The van der Waals surface area contributed by atoms with E-state index in [1.165, 1.54) is 12.8 Å². The number of rotatable bonds is 2. The maximum Gasteiger partial charge on any atom is 0.152 e. The van der Waals surface area contributed by atoms with Gasteiger partial charge in [0.05, 0.1) is 23.2 Å². The third-order valence-corrected chi connectivity index (χ3v) is 6.78. The van der Waals surface area contributed by atoms with Gasteiger partial charge in [0.1, 0.15) is 5.82 Å². The summed E-state index contributed by atoms with van der Waals surface area (Å²) in [7, 11) is -2.91. The quantitative estimate of drug-likeness (QED) is 0.905. The number of nitrogen functional groups attached to an aromatic ring is 1. The molecule has 2 N–H and O–H groups in total. The Balaban J connectivity index is 1.98. The number of nitrogens with zero attached hydrogens (tertiary/aromatic N) is 2. The molecule has 112 valence electrons. The fourth-order valence-corrected chi connectivity index (χ4v) is 5.43. The van der Waals surface area contributed by atoms with Crippen LogP contribution in [0.1, 0.15) is 56.3 Å². The number of anilines is 1. The second kappa shape index (κ2) is 4.48. The van der Waals surface area contributed by atoms with E-state index < -0.39 is 9.84 Å². The van der Waals surface area contributed by atoms with E-state index in [0.29, 0.717) is 12.2 Å². The zero-order valence-electron chi connectivity index (χ0n) is 12.2. The first-order chi connectivity index (χ1) is 9.32. The number of hydrogen-bond donors (Lipinski definition) is 1. The van der Waals surface area contributed by atoms with Crippen molar-refractivity contribution in [2.24, 2.45) is 0 Å². The van der Waals surface area contributed by atoms with Crippen molar-refractivity contribution in [1.82, 2.24) is 9.78 Å². The van der Waals surface area contributed by atoms with Gasteiger partial charge in [0.2, 0.25) is 0 Å². The molecule has 0 amide bonds. The van der Waals surface area contributed by atoms with Crippen LogP contribution in [0.4, 0.5) is 5.82 Å². The second-order valence-electron chi connectivity index (χ2n) is 6.63. The molecule has 1 atom stereocenters. The summed E-state index contributed by atoms with van der Waals surface area (Å²) < 4.78 is 25.1. The highest BCUT2D eigenvalue weighted by Crippen LogP contribution is 2.43. The van der Waals surface area contributed by atoms with E-state index in [1.54, 1.807) is 4.68 Å². The first kappa shape index (κ1) is 13.9. The molecular weight excluding hydrogens is 274 g/mol. The van der Waals surface area contributed by atoms with Crippen molar-refractivity contribution < 1.29 is 8.42 Å². The Morgan fingerprint density at radius 3 is 2.55 bits per heavy atom. The van der Waals surface area contributed by atoms with E-state index in [-0.39, 0.29) is 23.0 Å². The van der Waals surface area contributed by atoms with Crippen LogP contribution < -0.4 is 5.73 Å². The van der Waals surface area contributed by atoms with Gasteiger partial charge in [-0.25, -0.2) is 13.1 Å². The molecule has 1 aliphatic heterocycles. The van der Waals surface area contributed by atoms with Crippen LogP contribution >= 0.6 is 0 Å². The van der Waals surface area contributed by atoms with Crippen LogP contribution in [-0.2, 0) is 15.3 Å². The zero-order valence-corrected chi connectivity index (χ0v) is 13.0. The van der Waals surface area contributed by atoms with Crippen LogP contribution in [0.25, 0.3) is 0 Å². The van der Waals surface area contributed by atoms with Gasteiger partial charge < -0.3 is 5.73 Å². The highest BCUT2D eigenvalue weighted by Gasteiger charge is 2.38. The van der Waals surface area contributed by atoms with E-state index in [9.17, 15) is 8.42 Å². The average molecular weight is 297 g/mol. The Labute approximate surface area is 120 Å². The Bertz CT molecular complexity index is 627. The van der Waals surface area contributed by atoms with Gasteiger partial charge in [-0.05, 0) is 26.2 Å². The van der Waals surface area contributed by atoms with Crippen LogP contribution in [0.2, 0.25) is 0 Å². The molecule has 2 heterocycles. The summed E-state index contributed by atoms with van der Waals surface area (Å²) in [6.07, 6.45) is 5.39. The maximum absolute atomic E-state index is 11.7. The number of sulfone groups is 1. The monoisotopic (exact) mass is 297 g/mol. The minimum absolute atomic E-state index is 0.0857. The van der Waals surface area contributed by atoms with Crippen LogP contribution in [0.5, 0.6) is 0 Å². The van der Waals surface area contributed by atoms with Gasteiger partial charge in [-0.3, -0.25) is 0 Å². The first-order valence-electron chi connectivity index (χ1n) is 7.38. The molecule has 1 saturated carbocycles. The molecule has 2 aliphatic rings. The van der Waals surface area contributed by atoms with E-state index in [1.807, 2.05) is 6.92 Å². The van der Waals surface area contributed by atoms with Crippen LogP contribution in [0, 0.1) is 6.92 Å². The van der Waals surface area contributed by atoms with E-state index in [2.05, 4.69) is 6.92 Å². The Morgan fingerprint density at radius 1 is 1.35 bits per heavy atom. The van der Waals surface area contributed by atoms with Gasteiger partial charge in [0, 0.05) is 11.0 Å². The molecule has 6 heteroatoms. The van der Waals surface area contributed by atoms with E-state index in [0.717, 1.165) is 24.1 Å². The van der Waals surface area contributed by atoms with Gasteiger partial charge in [0.15, 0.2) is 9.84 Å². The van der Waals surface area contributed by atoms with Crippen molar-refractivity contribution >= 4 is 15.7 Å². The second-order valence-corrected chi connectivity index (χ2v) is 8.86. The molecular formula is C14H23N3O2S. The molecule has 2 fully saturated rings. The molecule has 1 aromatic heterocycles. The Morgan fingerprint density at radius 2 is 2.00 bits per heavy atom. The summed E-state index contributed by atoms with van der Waals surface area (Å²) in [5.41, 5.74) is 8.44. The molecule has 1 aliphatic carbocycles. The molecule has 1 unspecified atom stereocenters. The lowest BCUT2D eigenvalue weighted by atomic mass is 9.83. The predicted molar refractivity (Wildman–Crippen MR) is 79.5 cm³/mol. The lowest BCUT2D eigenvalue weighted by molar-refractivity contribution is 0.442. The number of nitrogens with two attached hydrogens (primary N) is 1. The third kappa shape index (κ3) is 2.14. The summed E-state index contributed by atoms with van der Waals surface area (Å²) in [4.78, 5) is 0. The van der Waals surface area contributed by atoms with Crippen LogP contribution in [0.15, 0.2) is 0 Å². The SMILES string of the molecule is Cc1c(C2(C)CCCC2)nn(C2CCS(=O)(=O)C2)c1N. The summed E-state index contributed by atoms with van der Waals surface area (Å²) in [5.74, 6) is 1.08. The molecule has 5 nitrogen and oxygen atoms in total. The number of aromatic nitrogens is 2. The lowest BCUT2D eigenvalue weighted by Crippen LogP contribution is -2.20. The smallest absolute Gasteiger partial charge is 0.152 e. The van der Waals surface area contributed by atoms with Crippen molar-refractivity contribution in [3.8, 4) is 0 Å². The first-order valence-corrected chi connectivity index (χ1v) is 9.20. The Hall–Kier alpha value is -1.04. The lowest BCUT2D eigenvalue weighted by Gasteiger charge is -2.21. The van der Waals surface area contributed by atoms with Crippen molar-refractivity contribution in [2.75, 3.05) is 17.2 Å². The summed E-state index contributed by atoms with van der Waals surface area (Å²) >= 11 is 0. The van der Waals surface area contributed by atoms with Crippen molar-refractivity contribution in [3.63, 3.8) is 0 Å². The highest BCUT2D eigenvalue weighted by atomic mass is 32.2. The van der Waals surface area contributed by atoms with Gasteiger partial charge in [0.25, 0.3) is 0 Å². The van der Waals surface area contributed by atoms with Crippen LogP contribution in [-0.4, -0.2) is 29.7 Å². The predicted octanol–water partition coefficient (Wildman–Crippen LogP) is 1.97.